The van der Waals surface area contributed by atoms with E-state index in [4.69, 9.17) is 0 Å². The molecule has 18 heavy (non-hydrogen) atoms. The van der Waals surface area contributed by atoms with Crippen LogP contribution in [-0.2, 0) is 0 Å². The van der Waals surface area contributed by atoms with Crippen LogP contribution in [0.2, 0.25) is 0 Å². The van der Waals surface area contributed by atoms with Crippen LogP contribution in [0.3, 0.4) is 0 Å². The van der Waals surface area contributed by atoms with Gasteiger partial charge in [-0.2, -0.15) is 0 Å². The van der Waals surface area contributed by atoms with Crippen molar-refractivity contribution in [3.8, 4) is 5.75 Å². The summed E-state index contributed by atoms with van der Waals surface area (Å²) in [6.07, 6.45) is -8.40. The van der Waals surface area contributed by atoms with Crippen molar-refractivity contribution in [2.24, 2.45) is 0 Å². The Bertz CT molecular complexity index is 440. The number of hydrogen-bond donors (Lipinski definition) is 0. The second kappa shape index (κ2) is 5.32. The Morgan fingerprint density at radius 2 is 1.94 bits per heavy atom. The molecular formula is C11H9F5O2. The van der Waals surface area contributed by atoms with Crippen LogP contribution in [0.4, 0.5) is 22.0 Å². The molecule has 0 heterocycles. The van der Waals surface area contributed by atoms with E-state index in [1.807, 2.05) is 0 Å². The topological polar surface area (TPSA) is 26.3 Å². The smallest absolute Gasteiger partial charge is 0.404 e. The first-order chi connectivity index (χ1) is 8.26. The molecule has 0 aliphatic carbocycles. The summed E-state index contributed by atoms with van der Waals surface area (Å²) in [6.45, 7) is 1.41. The zero-order chi connectivity index (χ0) is 13.9. The highest BCUT2D eigenvalue weighted by Crippen LogP contribution is 2.36. The molecule has 100 valence electrons. The minimum atomic E-state index is -5.13. The Morgan fingerprint density at radius 3 is 2.39 bits per heavy atom. The number of para-hydroxylation sites is 1. The Balaban J connectivity index is 3.34. The maximum absolute atomic E-state index is 12.6. The van der Waals surface area contributed by atoms with E-state index in [9.17, 15) is 26.7 Å². The van der Waals surface area contributed by atoms with Crippen molar-refractivity contribution in [2.75, 3.05) is 0 Å². The second-order valence-corrected chi connectivity index (χ2v) is 3.35. The van der Waals surface area contributed by atoms with Crippen LogP contribution in [-0.4, -0.2) is 12.1 Å². The van der Waals surface area contributed by atoms with Crippen LogP contribution in [0.1, 0.15) is 35.7 Å². The third-order valence-corrected chi connectivity index (χ3v) is 2.12. The van der Waals surface area contributed by atoms with E-state index in [-0.39, 0.29) is 6.42 Å². The lowest BCUT2D eigenvalue weighted by molar-refractivity contribution is -0.275. The molecule has 2 nitrogen and oxygen atoms in total. The number of benzene rings is 1. The number of carbonyl (C=O) groups excluding carboxylic acids is 1. The van der Waals surface area contributed by atoms with Gasteiger partial charge in [-0.3, -0.25) is 4.79 Å². The van der Waals surface area contributed by atoms with E-state index in [0.29, 0.717) is 0 Å². The monoisotopic (exact) mass is 268 g/mol. The largest absolute Gasteiger partial charge is 0.573 e. The number of alkyl halides is 5. The third-order valence-electron chi connectivity index (χ3n) is 2.12. The summed E-state index contributed by atoms with van der Waals surface area (Å²) in [6, 6.07) is 2.91. The first-order valence-electron chi connectivity index (χ1n) is 4.96. The van der Waals surface area contributed by atoms with Gasteiger partial charge in [-0.05, 0) is 12.1 Å². The summed E-state index contributed by atoms with van der Waals surface area (Å²) in [7, 11) is 0. The van der Waals surface area contributed by atoms with Gasteiger partial charge in [0.25, 0.3) is 6.43 Å². The van der Waals surface area contributed by atoms with Crippen molar-refractivity contribution in [2.45, 2.75) is 26.1 Å². The van der Waals surface area contributed by atoms with Crippen LogP contribution >= 0.6 is 0 Å². The summed E-state index contributed by atoms with van der Waals surface area (Å²) in [4.78, 5) is 11.4. The zero-order valence-electron chi connectivity index (χ0n) is 9.22. The molecule has 0 N–H and O–H groups in total. The molecule has 0 fully saturated rings. The van der Waals surface area contributed by atoms with Crippen LogP contribution in [0.15, 0.2) is 18.2 Å². The highest BCUT2D eigenvalue weighted by Gasteiger charge is 2.35. The fraction of sp³-hybridized carbons (Fsp3) is 0.364. The van der Waals surface area contributed by atoms with Crippen LogP contribution in [0.5, 0.6) is 5.75 Å². The van der Waals surface area contributed by atoms with Crippen LogP contribution < -0.4 is 4.74 Å². The molecule has 0 saturated heterocycles. The van der Waals surface area contributed by atoms with Crippen molar-refractivity contribution in [1.82, 2.24) is 0 Å². The van der Waals surface area contributed by atoms with Gasteiger partial charge in [0, 0.05) is 6.42 Å². The molecule has 0 radical (unpaired) electrons. The van der Waals surface area contributed by atoms with Crippen LogP contribution in [0, 0.1) is 0 Å². The predicted octanol–water partition coefficient (Wildman–Crippen LogP) is 4.12. The van der Waals surface area contributed by atoms with E-state index in [1.165, 1.54) is 6.92 Å². The summed E-state index contributed by atoms with van der Waals surface area (Å²) < 4.78 is 65.2. The molecule has 0 bridgehead atoms. The summed E-state index contributed by atoms with van der Waals surface area (Å²) in [5.41, 5.74) is -1.45. The molecular weight excluding hydrogens is 259 g/mol. The minimum Gasteiger partial charge on any atom is -0.404 e. The molecule has 7 heteroatoms. The molecule has 1 aromatic rings. The first kappa shape index (κ1) is 14.4. The van der Waals surface area contributed by atoms with E-state index >= 15 is 0 Å². The lowest BCUT2D eigenvalue weighted by atomic mass is 10.0. The number of carbonyl (C=O) groups is 1. The Hall–Kier alpha value is -1.66. The Kier molecular flexibility index (Phi) is 4.26. The highest BCUT2D eigenvalue weighted by atomic mass is 19.4. The number of hydrogen-bond acceptors (Lipinski definition) is 2. The van der Waals surface area contributed by atoms with E-state index < -0.39 is 35.4 Å². The average Bonchev–Trinajstić information content (AvgIpc) is 2.25. The van der Waals surface area contributed by atoms with Gasteiger partial charge in [0.15, 0.2) is 5.78 Å². The molecule has 0 unspecified atom stereocenters. The number of ketones is 1. The Labute approximate surface area is 99.4 Å². The summed E-state index contributed by atoms with van der Waals surface area (Å²) in [5.74, 6) is -1.82. The number of halogens is 5. The molecule has 0 aromatic heterocycles. The van der Waals surface area contributed by atoms with Gasteiger partial charge in [-0.1, -0.05) is 13.0 Å². The van der Waals surface area contributed by atoms with Gasteiger partial charge in [-0.25, -0.2) is 8.78 Å². The van der Waals surface area contributed by atoms with Crippen molar-refractivity contribution >= 4 is 5.78 Å². The molecule has 0 spiro atoms. The van der Waals surface area contributed by atoms with Crippen molar-refractivity contribution < 1.29 is 31.5 Å². The van der Waals surface area contributed by atoms with Crippen molar-refractivity contribution in [3.63, 3.8) is 0 Å². The van der Waals surface area contributed by atoms with Crippen molar-refractivity contribution in [1.29, 1.82) is 0 Å². The molecule has 1 rings (SSSR count). The quantitative estimate of drug-likeness (QED) is 0.606. The SMILES string of the molecule is CCC(=O)c1cccc(C(F)F)c1OC(F)(F)F. The second-order valence-electron chi connectivity index (χ2n) is 3.35. The lowest BCUT2D eigenvalue weighted by Crippen LogP contribution is -2.20. The fourth-order valence-corrected chi connectivity index (χ4v) is 1.37. The number of rotatable bonds is 4. The average molecular weight is 268 g/mol. The van der Waals surface area contributed by atoms with Gasteiger partial charge in [0.05, 0.1) is 11.1 Å². The highest BCUT2D eigenvalue weighted by molar-refractivity contribution is 5.98. The Morgan fingerprint density at radius 1 is 1.33 bits per heavy atom. The molecule has 0 saturated carbocycles. The summed E-state index contributed by atoms with van der Waals surface area (Å²) >= 11 is 0. The summed E-state index contributed by atoms with van der Waals surface area (Å²) in [5, 5.41) is 0. The first-order valence-corrected chi connectivity index (χ1v) is 4.96. The van der Waals surface area contributed by atoms with Crippen LogP contribution in [0.25, 0.3) is 0 Å². The standard InChI is InChI=1S/C11H9F5O2/c1-2-8(17)6-4-3-5-7(10(12)13)9(6)18-11(14,15)16/h3-5,10H,2H2,1H3. The van der Waals surface area contributed by atoms with Gasteiger partial charge in [0.1, 0.15) is 5.75 Å². The normalized spacial score (nSPS) is 11.7. The number of Topliss-reactive ketones (excluding diaryl/α,β-unsaturated/α-hetero) is 1. The van der Waals surface area contributed by atoms with E-state index in [1.54, 1.807) is 0 Å². The van der Waals surface area contributed by atoms with E-state index in [0.717, 1.165) is 18.2 Å². The van der Waals surface area contributed by atoms with Gasteiger partial charge in [-0.15, -0.1) is 13.2 Å². The molecule has 0 atom stereocenters. The number of ether oxygens (including phenoxy) is 1. The predicted molar refractivity (Wildman–Crippen MR) is 52.7 cm³/mol. The molecule has 0 amide bonds. The van der Waals surface area contributed by atoms with Gasteiger partial charge >= 0.3 is 6.36 Å². The molecule has 1 aromatic carbocycles. The van der Waals surface area contributed by atoms with E-state index in [2.05, 4.69) is 4.74 Å². The lowest BCUT2D eigenvalue weighted by Gasteiger charge is -2.15. The minimum absolute atomic E-state index is 0.110. The third kappa shape index (κ3) is 3.41. The van der Waals surface area contributed by atoms with Gasteiger partial charge in [0.2, 0.25) is 0 Å². The zero-order valence-corrected chi connectivity index (χ0v) is 9.22. The molecule has 0 aliphatic heterocycles. The maximum atomic E-state index is 12.6. The maximum Gasteiger partial charge on any atom is 0.573 e. The van der Waals surface area contributed by atoms with Crippen molar-refractivity contribution in [3.05, 3.63) is 29.3 Å². The fourth-order valence-electron chi connectivity index (χ4n) is 1.37. The molecule has 0 aliphatic rings. The van der Waals surface area contributed by atoms with Gasteiger partial charge < -0.3 is 4.74 Å².